The topological polar surface area (TPSA) is 80.5 Å². The van der Waals surface area contributed by atoms with Crippen LogP contribution < -0.4 is 10.2 Å². The van der Waals surface area contributed by atoms with Crippen LogP contribution in [0, 0.1) is 0 Å². The molecule has 7 nitrogen and oxygen atoms in total. The lowest BCUT2D eigenvalue weighted by Crippen LogP contribution is -2.44. The Bertz CT molecular complexity index is 823. The lowest BCUT2D eigenvalue weighted by molar-refractivity contribution is 0.0465. The molecule has 27 heavy (non-hydrogen) atoms. The standard InChI is InChI=1S/C20H28N4O3/c1-13-11-24(15-10-8-7-9-14(13)15)12-16-21-17(23-27-16)20(5,6)22-18(25)26-19(2,3)4/h7-10,13H,11-12H2,1-6H3,(H,22,25). The highest BCUT2D eigenvalue weighted by Gasteiger charge is 2.32. The quantitative estimate of drug-likeness (QED) is 0.875. The molecule has 0 aliphatic carbocycles. The fraction of sp³-hybridized carbons (Fsp3) is 0.550. The van der Waals surface area contributed by atoms with Crippen LogP contribution in [-0.4, -0.2) is 28.4 Å². The van der Waals surface area contributed by atoms with E-state index in [9.17, 15) is 4.79 Å². The molecule has 3 rings (SSSR count). The van der Waals surface area contributed by atoms with E-state index >= 15 is 0 Å². The molecular weight excluding hydrogens is 344 g/mol. The molecule has 0 fully saturated rings. The molecule has 2 heterocycles. The number of para-hydroxylation sites is 1. The molecule has 0 bridgehead atoms. The van der Waals surface area contributed by atoms with Crippen LogP contribution in [0.25, 0.3) is 0 Å². The average molecular weight is 372 g/mol. The summed E-state index contributed by atoms with van der Waals surface area (Å²) in [5.41, 5.74) is 1.17. The van der Waals surface area contributed by atoms with Crippen molar-refractivity contribution in [3.8, 4) is 0 Å². The third kappa shape index (κ3) is 4.40. The Labute approximate surface area is 160 Å². The van der Waals surface area contributed by atoms with Crippen molar-refractivity contribution in [1.29, 1.82) is 0 Å². The van der Waals surface area contributed by atoms with Gasteiger partial charge in [0.2, 0.25) is 5.89 Å². The first-order chi connectivity index (χ1) is 12.5. The maximum atomic E-state index is 12.1. The second kappa shape index (κ2) is 6.87. The molecule has 2 aromatic rings. The molecular formula is C20H28N4O3. The Morgan fingerprint density at radius 2 is 2.00 bits per heavy atom. The van der Waals surface area contributed by atoms with Gasteiger partial charge < -0.3 is 19.5 Å². The summed E-state index contributed by atoms with van der Waals surface area (Å²) in [5.74, 6) is 1.41. The first kappa shape index (κ1) is 19.2. The molecule has 1 amide bonds. The zero-order valence-electron chi connectivity index (χ0n) is 16.9. The van der Waals surface area contributed by atoms with Crippen molar-refractivity contribution in [2.24, 2.45) is 0 Å². The number of amides is 1. The van der Waals surface area contributed by atoms with E-state index in [-0.39, 0.29) is 0 Å². The minimum atomic E-state index is -0.805. The monoisotopic (exact) mass is 372 g/mol. The van der Waals surface area contributed by atoms with E-state index in [2.05, 4.69) is 45.5 Å². The number of nitrogens with one attached hydrogen (secondary N) is 1. The molecule has 1 N–H and O–H groups in total. The summed E-state index contributed by atoms with van der Waals surface area (Å²) in [6.07, 6.45) is -0.513. The predicted molar refractivity (Wildman–Crippen MR) is 103 cm³/mol. The Hall–Kier alpha value is -2.57. The number of fused-ring (bicyclic) bond motifs is 1. The number of alkyl carbamates (subject to hydrolysis) is 1. The smallest absolute Gasteiger partial charge is 0.408 e. The minimum absolute atomic E-state index is 0.420. The number of ether oxygens (including phenoxy) is 1. The van der Waals surface area contributed by atoms with Gasteiger partial charge in [-0.25, -0.2) is 4.79 Å². The normalized spacial score (nSPS) is 17.0. The summed E-state index contributed by atoms with van der Waals surface area (Å²) in [6.45, 7) is 12.8. The maximum Gasteiger partial charge on any atom is 0.408 e. The van der Waals surface area contributed by atoms with Crippen LogP contribution in [0.15, 0.2) is 28.8 Å². The summed E-state index contributed by atoms with van der Waals surface area (Å²) >= 11 is 0. The second-order valence-corrected chi connectivity index (χ2v) is 8.60. The lowest BCUT2D eigenvalue weighted by Gasteiger charge is -2.26. The summed E-state index contributed by atoms with van der Waals surface area (Å²) in [4.78, 5) is 18.8. The fourth-order valence-electron chi connectivity index (χ4n) is 3.22. The van der Waals surface area contributed by atoms with Gasteiger partial charge in [-0.3, -0.25) is 0 Å². The first-order valence-electron chi connectivity index (χ1n) is 9.23. The number of hydrogen-bond acceptors (Lipinski definition) is 6. The number of anilines is 1. The highest BCUT2D eigenvalue weighted by molar-refractivity contribution is 5.68. The van der Waals surface area contributed by atoms with Crippen molar-refractivity contribution in [2.45, 2.75) is 65.1 Å². The van der Waals surface area contributed by atoms with Crippen molar-refractivity contribution in [1.82, 2.24) is 15.5 Å². The largest absolute Gasteiger partial charge is 0.444 e. The lowest BCUT2D eigenvalue weighted by atomic mass is 10.0. The predicted octanol–water partition coefficient (Wildman–Crippen LogP) is 3.95. The SMILES string of the molecule is CC1CN(Cc2nc(C(C)(C)NC(=O)OC(C)(C)C)no2)c2ccccc21. The van der Waals surface area contributed by atoms with Gasteiger partial charge in [-0.1, -0.05) is 30.3 Å². The van der Waals surface area contributed by atoms with Crippen molar-refractivity contribution in [3.05, 3.63) is 41.5 Å². The molecule has 0 radical (unpaired) electrons. The van der Waals surface area contributed by atoms with E-state index in [4.69, 9.17) is 9.26 Å². The van der Waals surface area contributed by atoms with E-state index in [1.807, 2.05) is 40.7 Å². The van der Waals surface area contributed by atoms with Crippen molar-refractivity contribution >= 4 is 11.8 Å². The van der Waals surface area contributed by atoms with Gasteiger partial charge in [-0.2, -0.15) is 4.98 Å². The van der Waals surface area contributed by atoms with Gasteiger partial charge in [0.15, 0.2) is 5.82 Å². The van der Waals surface area contributed by atoms with Gasteiger partial charge in [0.1, 0.15) is 11.1 Å². The summed E-state index contributed by atoms with van der Waals surface area (Å²) in [6, 6.07) is 8.38. The van der Waals surface area contributed by atoms with Crippen LogP contribution in [0.3, 0.4) is 0 Å². The van der Waals surface area contributed by atoms with Gasteiger partial charge in [0.05, 0.1) is 6.54 Å². The molecule has 1 atom stereocenters. The number of hydrogen-bond donors (Lipinski definition) is 1. The Kier molecular flexibility index (Phi) is 4.88. The minimum Gasteiger partial charge on any atom is -0.444 e. The van der Waals surface area contributed by atoms with Gasteiger partial charge in [0.25, 0.3) is 0 Å². The van der Waals surface area contributed by atoms with Gasteiger partial charge in [0, 0.05) is 18.2 Å². The molecule has 7 heteroatoms. The zero-order valence-corrected chi connectivity index (χ0v) is 16.9. The number of carbonyl (C=O) groups excluding carboxylic acids is 1. The summed E-state index contributed by atoms with van der Waals surface area (Å²) < 4.78 is 10.8. The Morgan fingerprint density at radius 1 is 1.30 bits per heavy atom. The number of rotatable bonds is 4. The van der Waals surface area contributed by atoms with Crippen LogP contribution in [0.5, 0.6) is 0 Å². The molecule has 146 valence electrons. The number of aromatic nitrogens is 2. The van der Waals surface area contributed by atoms with Crippen LogP contribution in [0.2, 0.25) is 0 Å². The number of benzene rings is 1. The summed E-state index contributed by atoms with van der Waals surface area (Å²) in [7, 11) is 0. The van der Waals surface area contributed by atoms with Gasteiger partial charge >= 0.3 is 6.09 Å². The average Bonchev–Trinajstić information content (AvgIpc) is 3.12. The zero-order chi connectivity index (χ0) is 19.8. The molecule has 1 unspecified atom stereocenters. The Morgan fingerprint density at radius 3 is 2.70 bits per heavy atom. The van der Waals surface area contributed by atoms with E-state index in [1.54, 1.807) is 0 Å². The molecule has 1 aromatic carbocycles. The van der Waals surface area contributed by atoms with E-state index in [1.165, 1.54) is 11.3 Å². The molecule has 0 spiro atoms. The molecule has 0 saturated heterocycles. The fourth-order valence-corrected chi connectivity index (χ4v) is 3.22. The van der Waals surface area contributed by atoms with Crippen LogP contribution in [0.1, 0.15) is 64.7 Å². The number of nitrogens with zero attached hydrogens (tertiary/aromatic N) is 3. The van der Waals surface area contributed by atoms with Gasteiger partial charge in [-0.15, -0.1) is 0 Å². The van der Waals surface area contributed by atoms with Crippen LogP contribution in [-0.2, 0) is 16.8 Å². The van der Waals surface area contributed by atoms with Crippen LogP contribution >= 0.6 is 0 Å². The van der Waals surface area contributed by atoms with E-state index in [0.717, 1.165) is 6.54 Å². The van der Waals surface area contributed by atoms with E-state index in [0.29, 0.717) is 24.2 Å². The van der Waals surface area contributed by atoms with Crippen molar-refractivity contribution in [2.75, 3.05) is 11.4 Å². The Balaban J connectivity index is 1.69. The third-order valence-corrected chi connectivity index (χ3v) is 4.47. The summed E-state index contributed by atoms with van der Waals surface area (Å²) in [5, 5.41) is 6.87. The van der Waals surface area contributed by atoms with E-state index < -0.39 is 17.2 Å². The third-order valence-electron chi connectivity index (χ3n) is 4.47. The van der Waals surface area contributed by atoms with Crippen molar-refractivity contribution in [3.63, 3.8) is 0 Å². The molecule has 1 aromatic heterocycles. The van der Waals surface area contributed by atoms with Crippen molar-refractivity contribution < 1.29 is 14.1 Å². The van der Waals surface area contributed by atoms with Crippen LogP contribution in [0.4, 0.5) is 10.5 Å². The second-order valence-electron chi connectivity index (χ2n) is 8.60. The first-order valence-corrected chi connectivity index (χ1v) is 9.23. The highest BCUT2D eigenvalue weighted by atomic mass is 16.6. The van der Waals surface area contributed by atoms with Gasteiger partial charge in [-0.05, 0) is 46.2 Å². The highest BCUT2D eigenvalue weighted by Crippen LogP contribution is 2.36. The molecule has 1 aliphatic rings. The molecule has 1 aliphatic heterocycles. The number of carbonyl (C=O) groups is 1. The molecule has 0 saturated carbocycles. The maximum absolute atomic E-state index is 12.1.